The van der Waals surface area contributed by atoms with Gasteiger partial charge in [0.05, 0.1) is 16.1 Å². The molecular formula is C12H22FNSi2. The zero-order chi connectivity index (χ0) is 12.6. The Morgan fingerprint density at radius 3 is 1.88 bits per heavy atom. The lowest BCUT2D eigenvalue weighted by Gasteiger charge is -2.37. The van der Waals surface area contributed by atoms with Crippen LogP contribution in [0, 0.1) is 5.95 Å². The Morgan fingerprint density at radius 2 is 1.50 bits per heavy atom. The minimum absolute atomic E-state index is 0.348. The van der Waals surface area contributed by atoms with Gasteiger partial charge in [-0.3, -0.25) is 0 Å². The molecule has 1 aromatic rings. The Hall–Kier alpha value is -0.486. The largest absolute Gasteiger partial charge is 0.225 e. The van der Waals surface area contributed by atoms with Gasteiger partial charge in [0.1, 0.15) is 0 Å². The molecule has 0 aliphatic carbocycles. The van der Waals surface area contributed by atoms with Crippen LogP contribution in [0.25, 0.3) is 0 Å². The maximum Gasteiger partial charge on any atom is 0.213 e. The second-order valence-corrected chi connectivity index (χ2v) is 17.7. The molecule has 0 fully saturated rings. The predicted octanol–water partition coefficient (Wildman–Crippen LogP) is 4.06. The molecule has 0 unspecified atom stereocenters. The first-order chi connectivity index (χ1) is 7.12. The van der Waals surface area contributed by atoms with Crippen LogP contribution in [0.15, 0.2) is 18.2 Å². The van der Waals surface area contributed by atoms with Gasteiger partial charge >= 0.3 is 0 Å². The fraction of sp³-hybridized carbons (Fsp3) is 0.583. The van der Waals surface area contributed by atoms with Gasteiger partial charge in [-0.1, -0.05) is 45.3 Å². The molecule has 0 N–H and O–H groups in total. The van der Waals surface area contributed by atoms with Crippen molar-refractivity contribution in [3.8, 4) is 0 Å². The first-order valence-corrected chi connectivity index (χ1v) is 12.9. The number of pyridine rings is 1. The topological polar surface area (TPSA) is 12.9 Å². The number of hydrogen-bond donors (Lipinski definition) is 0. The van der Waals surface area contributed by atoms with Crippen LogP contribution < -0.4 is 0 Å². The van der Waals surface area contributed by atoms with Crippen LogP contribution in [0.3, 0.4) is 0 Å². The van der Waals surface area contributed by atoms with Gasteiger partial charge in [0, 0.05) is 5.69 Å². The van der Waals surface area contributed by atoms with Gasteiger partial charge in [-0.25, -0.2) is 4.98 Å². The van der Waals surface area contributed by atoms with Crippen LogP contribution in [0.2, 0.25) is 39.3 Å². The second-order valence-electron chi connectivity index (χ2n) is 6.55. The van der Waals surface area contributed by atoms with Crippen LogP contribution in [0.1, 0.15) is 10.9 Å². The summed E-state index contributed by atoms with van der Waals surface area (Å²) in [5, 5.41) is 0.510. The molecule has 0 saturated heterocycles. The summed E-state index contributed by atoms with van der Waals surface area (Å²) in [7, 11) is -2.71. The van der Waals surface area contributed by atoms with Gasteiger partial charge in [-0.05, 0) is 17.3 Å². The van der Waals surface area contributed by atoms with Gasteiger partial charge in [0.25, 0.3) is 0 Å². The predicted molar refractivity (Wildman–Crippen MR) is 73.6 cm³/mol. The van der Waals surface area contributed by atoms with Gasteiger partial charge in [-0.2, -0.15) is 4.39 Å². The van der Waals surface area contributed by atoms with Crippen LogP contribution in [0.5, 0.6) is 0 Å². The number of nitrogens with zero attached hydrogens (tertiary/aromatic N) is 1. The van der Waals surface area contributed by atoms with Crippen molar-refractivity contribution in [1.29, 1.82) is 0 Å². The smallest absolute Gasteiger partial charge is 0.213 e. The quantitative estimate of drug-likeness (QED) is 0.586. The summed E-state index contributed by atoms with van der Waals surface area (Å²) in [6.07, 6.45) is 0. The van der Waals surface area contributed by atoms with Gasteiger partial charge in [0.15, 0.2) is 0 Å². The van der Waals surface area contributed by atoms with E-state index in [0.29, 0.717) is 5.16 Å². The second kappa shape index (κ2) is 4.41. The maximum atomic E-state index is 13.2. The van der Waals surface area contributed by atoms with E-state index in [4.69, 9.17) is 0 Å². The average molecular weight is 255 g/mol. The fourth-order valence-corrected chi connectivity index (χ4v) is 15.3. The zero-order valence-electron chi connectivity index (χ0n) is 11.1. The van der Waals surface area contributed by atoms with Crippen molar-refractivity contribution >= 4 is 16.1 Å². The highest BCUT2D eigenvalue weighted by atomic mass is 28.4. The first-order valence-electron chi connectivity index (χ1n) is 5.75. The Balaban J connectivity index is 3.23. The lowest BCUT2D eigenvalue weighted by Crippen LogP contribution is -2.47. The monoisotopic (exact) mass is 255 g/mol. The summed E-state index contributed by atoms with van der Waals surface area (Å²) >= 11 is 0. The Morgan fingerprint density at radius 1 is 1.00 bits per heavy atom. The van der Waals surface area contributed by atoms with E-state index >= 15 is 0 Å². The molecule has 1 heterocycles. The molecule has 0 amide bonds. The lowest BCUT2D eigenvalue weighted by molar-refractivity contribution is 0.578. The van der Waals surface area contributed by atoms with E-state index in [9.17, 15) is 4.39 Å². The molecule has 4 heteroatoms. The van der Waals surface area contributed by atoms with Crippen molar-refractivity contribution in [3.05, 3.63) is 29.8 Å². The SMILES string of the molecule is C[Si](C)(C)C(c1cccc(F)n1)[Si](C)(C)C. The van der Waals surface area contributed by atoms with E-state index < -0.39 is 16.1 Å². The summed E-state index contributed by atoms with van der Waals surface area (Å²) in [6, 6.07) is 5.20. The molecule has 1 aromatic heterocycles. The normalized spacial score (nSPS) is 13.2. The summed E-state index contributed by atoms with van der Waals surface area (Å²) in [4.78, 5) is 4.11. The van der Waals surface area contributed by atoms with Crippen molar-refractivity contribution < 1.29 is 4.39 Å². The highest BCUT2D eigenvalue weighted by molar-refractivity contribution is 6.96. The summed E-state index contributed by atoms with van der Waals surface area (Å²) < 4.78 is 13.2. The average Bonchev–Trinajstić information content (AvgIpc) is 1.97. The fourth-order valence-electron chi connectivity index (χ4n) is 2.77. The Kier molecular flexibility index (Phi) is 3.74. The van der Waals surface area contributed by atoms with E-state index in [2.05, 4.69) is 44.3 Å². The van der Waals surface area contributed by atoms with Crippen LogP contribution in [0.4, 0.5) is 4.39 Å². The van der Waals surface area contributed by atoms with Crippen molar-refractivity contribution in [3.63, 3.8) is 0 Å². The summed E-state index contributed by atoms with van der Waals surface area (Å²) in [5.41, 5.74) is 0.971. The molecule has 0 saturated carbocycles. The Bertz CT molecular complexity index is 352. The van der Waals surface area contributed by atoms with Gasteiger partial charge < -0.3 is 0 Å². The van der Waals surface area contributed by atoms with Crippen molar-refractivity contribution in [2.75, 3.05) is 0 Å². The van der Waals surface area contributed by atoms with Crippen LogP contribution in [-0.4, -0.2) is 21.1 Å². The minimum atomic E-state index is -1.35. The number of hydrogen-bond acceptors (Lipinski definition) is 1. The third-order valence-corrected chi connectivity index (χ3v) is 12.0. The molecule has 0 spiro atoms. The third kappa shape index (κ3) is 3.25. The third-order valence-electron chi connectivity index (χ3n) is 2.76. The lowest BCUT2D eigenvalue weighted by atomic mass is 10.4. The van der Waals surface area contributed by atoms with E-state index in [-0.39, 0.29) is 5.95 Å². The molecule has 1 rings (SSSR count). The van der Waals surface area contributed by atoms with E-state index in [1.54, 1.807) is 6.07 Å². The van der Waals surface area contributed by atoms with Crippen molar-refractivity contribution in [2.24, 2.45) is 0 Å². The molecule has 16 heavy (non-hydrogen) atoms. The van der Waals surface area contributed by atoms with E-state index in [0.717, 1.165) is 5.69 Å². The van der Waals surface area contributed by atoms with E-state index in [1.807, 2.05) is 6.07 Å². The molecule has 0 aromatic carbocycles. The van der Waals surface area contributed by atoms with Crippen molar-refractivity contribution in [2.45, 2.75) is 44.4 Å². The number of aromatic nitrogens is 1. The number of rotatable bonds is 3. The molecule has 0 atom stereocenters. The summed E-state index contributed by atoms with van der Waals surface area (Å²) in [6.45, 7) is 14.1. The minimum Gasteiger partial charge on any atom is -0.225 e. The van der Waals surface area contributed by atoms with Gasteiger partial charge in [0.2, 0.25) is 5.95 Å². The maximum absolute atomic E-state index is 13.2. The highest BCUT2D eigenvalue weighted by Gasteiger charge is 2.39. The molecule has 0 aliphatic heterocycles. The zero-order valence-corrected chi connectivity index (χ0v) is 13.1. The summed E-state index contributed by atoms with van der Waals surface area (Å²) in [5.74, 6) is -0.348. The molecule has 0 radical (unpaired) electrons. The van der Waals surface area contributed by atoms with Crippen molar-refractivity contribution in [1.82, 2.24) is 4.98 Å². The number of halogens is 1. The molecule has 0 bridgehead atoms. The Labute approximate surface area is 100 Å². The standard InChI is InChI=1S/C12H22FNSi2/c1-15(2,3)12(16(4,5)6)10-8-7-9-11(13)14-10/h7-9,12H,1-6H3. The molecule has 1 nitrogen and oxygen atoms in total. The van der Waals surface area contributed by atoms with E-state index in [1.165, 1.54) is 6.07 Å². The van der Waals surface area contributed by atoms with Crippen LogP contribution in [-0.2, 0) is 0 Å². The molecular weight excluding hydrogens is 233 g/mol. The van der Waals surface area contributed by atoms with Gasteiger partial charge in [-0.15, -0.1) is 0 Å². The van der Waals surface area contributed by atoms with Crippen LogP contribution >= 0.6 is 0 Å². The first kappa shape index (κ1) is 13.6. The molecule has 0 aliphatic rings. The highest BCUT2D eigenvalue weighted by Crippen LogP contribution is 2.34. The molecule has 90 valence electrons.